The first kappa shape index (κ1) is 22.0. The van der Waals surface area contributed by atoms with Gasteiger partial charge in [-0.2, -0.15) is 0 Å². The van der Waals surface area contributed by atoms with E-state index in [2.05, 4.69) is 10.0 Å². The van der Waals surface area contributed by atoms with E-state index in [1.807, 2.05) is 0 Å². The molecule has 7 nitrogen and oxygen atoms in total. The molecular formula is C22H19FN2O5S. The molecule has 0 aliphatic heterocycles. The summed E-state index contributed by atoms with van der Waals surface area (Å²) in [4.78, 5) is 24.0. The molecule has 1 amide bonds. The van der Waals surface area contributed by atoms with Gasteiger partial charge in [0.2, 0.25) is 0 Å². The zero-order valence-electron chi connectivity index (χ0n) is 16.5. The van der Waals surface area contributed by atoms with Crippen molar-refractivity contribution in [3.8, 4) is 0 Å². The summed E-state index contributed by atoms with van der Waals surface area (Å²) in [6, 6.07) is 16.5. The fourth-order valence-electron chi connectivity index (χ4n) is 2.62. The number of rotatable bonds is 7. The van der Waals surface area contributed by atoms with Crippen LogP contribution in [-0.4, -0.2) is 26.9 Å². The van der Waals surface area contributed by atoms with Crippen molar-refractivity contribution in [2.75, 3.05) is 16.6 Å². The number of benzene rings is 3. The highest BCUT2D eigenvalue weighted by Gasteiger charge is 2.15. The third-order valence-electron chi connectivity index (χ3n) is 4.18. The van der Waals surface area contributed by atoms with E-state index in [1.165, 1.54) is 24.3 Å². The van der Waals surface area contributed by atoms with Gasteiger partial charge < -0.3 is 10.1 Å². The van der Waals surface area contributed by atoms with Crippen LogP contribution in [0.4, 0.5) is 15.8 Å². The molecule has 3 rings (SSSR count). The third-order valence-corrected chi connectivity index (χ3v) is 5.57. The SMILES string of the molecule is CCOC(=O)c1ccc(NC(=O)c2ccc(NS(=O)(=O)c3ccc(F)cc3)cc2)cc1. The lowest BCUT2D eigenvalue weighted by Crippen LogP contribution is -2.14. The molecular weight excluding hydrogens is 423 g/mol. The molecule has 0 heterocycles. The van der Waals surface area contributed by atoms with Crippen molar-refractivity contribution in [1.82, 2.24) is 0 Å². The number of carbonyl (C=O) groups is 2. The molecule has 3 aromatic carbocycles. The highest BCUT2D eigenvalue weighted by molar-refractivity contribution is 7.92. The first-order valence-corrected chi connectivity index (χ1v) is 10.7. The Morgan fingerprint density at radius 3 is 1.97 bits per heavy atom. The fourth-order valence-corrected chi connectivity index (χ4v) is 3.68. The summed E-state index contributed by atoms with van der Waals surface area (Å²) in [5.74, 6) is -1.39. The Bertz CT molecular complexity index is 1180. The summed E-state index contributed by atoms with van der Waals surface area (Å²) in [5, 5.41) is 2.69. The van der Waals surface area contributed by atoms with Crippen molar-refractivity contribution in [3.05, 3.63) is 89.7 Å². The van der Waals surface area contributed by atoms with Crippen molar-refractivity contribution >= 4 is 33.3 Å². The fraction of sp³-hybridized carbons (Fsp3) is 0.0909. The summed E-state index contributed by atoms with van der Waals surface area (Å²) < 4.78 is 45.0. The molecule has 0 unspecified atom stereocenters. The van der Waals surface area contributed by atoms with Gasteiger partial charge in [-0.05, 0) is 79.7 Å². The molecule has 0 bridgehead atoms. The van der Waals surface area contributed by atoms with E-state index in [1.54, 1.807) is 31.2 Å². The molecule has 0 fully saturated rings. The standard InChI is InChI=1S/C22H19FN2O5S/c1-2-30-22(27)16-5-9-18(10-6-16)24-21(26)15-3-11-19(12-4-15)25-31(28,29)20-13-7-17(23)8-14-20/h3-14,25H,2H2,1H3,(H,24,26). The van der Waals surface area contributed by atoms with Gasteiger partial charge in [-0.3, -0.25) is 9.52 Å². The van der Waals surface area contributed by atoms with E-state index in [0.29, 0.717) is 16.8 Å². The van der Waals surface area contributed by atoms with E-state index in [0.717, 1.165) is 24.3 Å². The predicted molar refractivity (Wildman–Crippen MR) is 114 cm³/mol. The highest BCUT2D eigenvalue weighted by atomic mass is 32.2. The molecule has 0 radical (unpaired) electrons. The van der Waals surface area contributed by atoms with Gasteiger partial charge in [0.25, 0.3) is 15.9 Å². The second-order valence-corrected chi connectivity index (χ2v) is 8.07. The normalized spacial score (nSPS) is 10.9. The van der Waals surface area contributed by atoms with Gasteiger partial charge in [0, 0.05) is 16.9 Å². The quantitative estimate of drug-likeness (QED) is 0.538. The first-order chi connectivity index (χ1) is 14.8. The number of ether oxygens (including phenoxy) is 1. The topological polar surface area (TPSA) is 102 Å². The molecule has 9 heteroatoms. The van der Waals surface area contributed by atoms with Crippen LogP contribution in [0.3, 0.4) is 0 Å². The third kappa shape index (κ3) is 5.67. The Morgan fingerprint density at radius 1 is 0.839 bits per heavy atom. The molecule has 2 N–H and O–H groups in total. The zero-order chi connectivity index (χ0) is 22.4. The van der Waals surface area contributed by atoms with Gasteiger partial charge >= 0.3 is 5.97 Å². The number of hydrogen-bond donors (Lipinski definition) is 2. The lowest BCUT2D eigenvalue weighted by atomic mass is 10.1. The van der Waals surface area contributed by atoms with Crippen LogP contribution >= 0.6 is 0 Å². The van der Waals surface area contributed by atoms with Gasteiger partial charge in [-0.1, -0.05) is 0 Å². The number of sulfonamides is 1. The minimum Gasteiger partial charge on any atom is -0.462 e. The number of hydrogen-bond acceptors (Lipinski definition) is 5. The minimum atomic E-state index is -3.88. The monoisotopic (exact) mass is 442 g/mol. The van der Waals surface area contributed by atoms with Gasteiger partial charge in [-0.15, -0.1) is 0 Å². The van der Waals surface area contributed by atoms with Gasteiger partial charge in [0.15, 0.2) is 0 Å². The zero-order valence-corrected chi connectivity index (χ0v) is 17.3. The second kappa shape index (κ2) is 9.40. The smallest absolute Gasteiger partial charge is 0.338 e. The Hall–Kier alpha value is -3.72. The Morgan fingerprint density at radius 2 is 1.39 bits per heavy atom. The lowest BCUT2D eigenvalue weighted by molar-refractivity contribution is 0.0526. The first-order valence-electron chi connectivity index (χ1n) is 9.25. The van der Waals surface area contributed by atoms with Crippen LogP contribution < -0.4 is 10.0 Å². The van der Waals surface area contributed by atoms with E-state index in [-0.39, 0.29) is 17.2 Å². The number of nitrogens with one attached hydrogen (secondary N) is 2. The molecule has 0 saturated heterocycles. The number of amides is 1. The van der Waals surface area contributed by atoms with Gasteiger partial charge in [0.1, 0.15) is 5.82 Å². The predicted octanol–water partition coefficient (Wildman–Crippen LogP) is 4.06. The number of esters is 1. The molecule has 0 aliphatic carbocycles. The largest absolute Gasteiger partial charge is 0.462 e. The summed E-state index contributed by atoms with van der Waals surface area (Å²) >= 11 is 0. The van der Waals surface area contributed by atoms with Crippen LogP contribution in [-0.2, 0) is 14.8 Å². The highest BCUT2D eigenvalue weighted by Crippen LogP contribution is 2.18. The Balaban J connectivity index is 1.65. The summed E-state index contributed by atoms with van der Waals surface area (Å²) in [5.41, 5.74) is 1.41. The Labute approximate surface area is 178 Å². The van der Waals surface area contributed by atoms with Crippen molar-refractivity contribution < 1.29 is 27.1 Å². The van der Waals surface area contributed by atoms with Crippen LogP contribution in [0.2, 0.25) is 0 Å². The van der Waals surface area contributed by atoms with Crippen molar-refractivity contribution in [2.45, 2.75) is 11.8 Å². The van der Waals surface area contributed by atoms with Crippen molar-refractivity contribution in [1.29, 1.82) is 0 Å². The molecule has 31 heavy (non-hydrogen) atoms. The molecule has 160 valence electrons. The van der Waals surface area contributed by atoms with E-state index in [4.69, 9.17) is 4.74 Å². The van der Waals surface area contributed by atoms with Gasteiger partial charge in [-0.25, -0.2) is 17.6 Å². The maximum Gasteiger partial charge on any atom is 0.338 e. The van der Waals surface area contributed by atoms with E-state index >= 15 is 0 Å². The van der Waals surface area contributed by atoms with Gasteiger partial charge in [0.05, 0.1) is 17.1 Å². The Kier molecular flexibility index (Phi) is 6.66. The molecule has 0 saturated carbocycles. The van der Waals surface area contributed by atoms with Crippen LogP contribution in [0.15, 0.2) is 77.7 Å². The number of carbonyl (C=O) groups excluding carboxylic acids is 2. The maximum absolute atomic E-state index is 13.0. The summed E-state index contributed by atoms with van der Waals surface area (Å²) in [6.07, 6.45) is 0. The summed E-state index contributed by atoms with van der Waals surface area (Å²) in [7, 11) is -3.88. The van der Waals surface area contributed by atoms with E-state index < -0.39 is 27.7 Å². The van der Waals surface area contributed by atoms with Crippen molar-refractivity contribution in [3.63, 3.8) is 0 Å². The number of halogens is 1. The van der Waals surface area contributed by atoms with Crippen LogP contribution in [0.1, 0.15) is 27.6 Å². The summed E-state index contributed by atoms with van der Waals surface area (Å²) in [6.45, 7) is 1.98. The van der Waals surface area contributed by atoms with E-state index in [9.17, 15) is 22.4 Å². The van der Waals surface area contributed by atoms with Crippen LogP contribution in [0, 0.1) is 5.82 Å². The minimum absolute atomic E-state index is 0.0815. The molecule has 0 spiro atoms. The molecule has 0 aliphatic rings. The lowest BCUT2D eigenvalue weighted by Gasteiger charge is -2.10. The average Bonchev–Trinajstić information content (AvgIpc) is 2.75. The van der Waals surface area contributed by atoms with Crippen LogP contribution in [0.5, 0.6) is 0 Å². The molecule has 0 atom stereocenters. The van der Waals surface area contributed by atoms with Crippen molar-refractivity contribution in [2.24, 2.45) is 0 Å². The second-order valence-electron chi connectivity index (χ2n) is 6.39. The maximum atomic E-state index is 13.0. The van der Waals surface area contributed by atoms with Crippen LogP contribution in [0.25, 0.3) is 0 Å². The molecule has 3 aromatic rings. The number of anilines is 2. The molecule has 0 aromatic heterocycles. The average molecular weight is 442 g/mol.